The number of rotatable bonds is 7. The molecule has 0 saturated carbocycles. The Balaban J connectivity index is 1.30. The molecule has 3 heterocycles. The third-order valence-electron chi connectivity index (χ3n) is 6.38. The van der Waals surface area contributed by atoms with Gasteiger partial charge in [0.15, 0.2) is 5.82 Å². The van der Waals surface area contributed by atoms with Crippen LogP contribution in [0.5, 0.6) is 5.75 Å². The number of nitrogens with one attached hydrogen (secondary N) is 1. The van der Waals surface area contributed by atoms with Crippen LogP contribution in [-0.2, 0) is 11.2 Å². The molecular weight excluding hydrogens is 426 g/mol. The van der Waals surface area contributed by atoms with Crippen LogP contribution < -0.4 is 15.0 Å². The van der Waals surface area contributed by atoms with Crippen LogP contribution in [0.1, 0.15) is 18.4 Å². The topological polar surface area (TPSA) is 71.8 Å². The summed E-state index contributed by atoms with van der Waals surface area (Å²) in [5.74, 6) is 1.74. The Morgan fingerprint density at radius 2 is 2.03 bits per heavy atom. The third kappa shape index (κ3) is 4.73. The molecule has 1 amide bonds. The van der Waals surface area contributed by atoms with Crippen LogP contribution in [0, 0.1) is 5.92 Å². The molecule has 0 unspecified atom stereocenters. The molecule has 0 spiro atoms. The molecule has 0 radical (unpaired) electrons. The van der Waals surface area contributed by atoms with Crippen molar-refractivity contribution >= 4 is 17.2 Å². The Hall–Kier alpha value is -3.87. The third-order valence-corrected chi connectivity index (χ3v) is 6.38. The van der Waals surface area contributed by atoms with Gasteiger partial charge in [0.05, 0.1) is 18.7 Å². The van der Waals surface area contributed by atoms with Gasteiger partial charge in [0.1, 0.15) is 11.3 Å². The highest BCUT2D eigenvalue weighted by Crippen LogP contribution is 2.29. The first-order valence-corrected chi connectivity index (χ1v) is 11.8. The number of anilines is 1. The molecule has 174 valence electrons. The van der Waals surface area contributed by atoms with Crippen molar-refractivity contribution in [1.29, 1.82) is 0 Å². The number of benzene rings is 2. The molecule has 7 heteroatoms. The number of methoxy groups -OCH3 is 1. The summed E-state index contributed by atoms with van der Waals surface area (Å²) in [6, 6.07) is 20.2. The van der Waals surface area contributed by atoms with Crippen LogP contribution in [0.15, 0.2) is 73.1 Å². The first kappa shape index (κ1) is 21.9. The SMILES string of the molecule is COc1cccc(-c2cc3c(N4CCC[C@H](C(=O)NCCc5ccccc5)C4)nccn3n2)c1. The van der Waals surface area contributed by atoms with Gasteiger partial charge in [-0.05, 0) is 43.0 Å². The van der Waals surface area contributed by atoms with E-state index in [0.717, 1.165) is 54.1 Å². The molecule has 2 aromatic carbocycles. The lowest BCUT2D eigenvalue weighted by Gasteiger charge is -2.33. The highest BCUT2D eigenvalue weighted by atomic mass is 16.5. The average Bonchev–Trinajstić information content (AvgIpc) is 3.34. The van der Waals surface area contributed by atoms with Crippen molar-refractivity contribution in [3.05, 3.63) is 78.6 Å². The van der Waals surface area contributed by atoms with E-state index in [9.17, 15) is 4.79 Å². The largest absolute Gasteiger partial charge is 0.497 e. The van der Waals surface area contributed by atoms with Gasteiger partial charge in [-0.3, -0.25) is 4.79 Å². The van der Waals surface area contributed by atoms with Crippen molar-refractivity contribution in [3.63, 3.8) is 0 Å². The predicted molar refractivity (Wildman–Crippen MR) is 133 cm³/mol. The van der Waals surface area contributed by atoms with E-state index in [1.807, 2.05) is 53.2 Å². The van der Waals surface area contributed by atoms with Crippen molar-refractivity contribution in [1.82, 2.24) is 19.9 Å². The maximum absolute atomic E-state index is 12.9. The number of amides is 1. The summed E-state index contributed by atoms with van der Waals surface area (Å²) in [7, 11) is 1.66. The van der Waals surface area contributed by atoms with Crippen LogP contribution in [0.2, 0.25) is 0 Å². The number of fused-ring (bicyclic) bond motifs is 1. The maximum atomic E-state index is 12.9. The van der Waals surface area contributed by atoms with E-state index in [1.165, 1.54) is 5.56 Å². The molecule has 1 aliphatic rings. The lowest BCUT2D eigenvalue weighted by molar-refractivity contribution is -0.125. The second-order valence-electron chi connectivity index (χ2n) is 8.65. The minimum atomic E-state index is -0.0487. The fourth-order valence-electron chi connectivity index (χ4n) is 4.58. The summed E-state index contributed by atoms with van der Waals surface area (Å²) in [6.07, 6.45) is 6.32. The lowest BCUT2D eigenvalue weighted by Crippen LogP contribution is -2.44. The summed E-state index contributed by atoms with van der Waals surface area (Å²) in [6.45, 7) is 2.18. The molecule has 1 atom stereocenters. The Labute approximate surface area is 199 Å². The molecule has 5 rings (SSSR count). The fraction of sp³-hybridized carbons (Fsp3) is 0.296. The highest BCUT2D eigenvalue weighted by molar-refractivity contribution is 5.81. The minimum absolute atomic E-state index is 0.0487. The van der Waals surface area contributed by atoms with Crippen LogP contribution >= 0.6 is 0 Å². The number of hydrogen-bond acceptors (Lipinski definition) is 5. The van der Waals surface area contributed by atoms with Gasteiger partial charge in [-0.2, -0.15) is 5.10 Å². The Kier molecular flexibility index (Phi) is 6.42. The summed E-state index contributed by atoms with van der Waals surface area (Å²) in [4.78, 5) is 19.8. The highest BCUT2D eigenvalue weighted by Gasteiger charge is 2.27. The summed E-state index contributed by atoms with van der Waals surface area (Å²) < 4.78 is 7.23. The predicted octanol–water partition coefficient (Wildman–Crippen LogP) is 3.98. The van der Waals surface area contributed by atoms with Gasteiger partial charge in [0, 0.05) is 37.6 Å². The molecule has 0 aliphatic carbocycles. The van der Waals surface area contributed by atoms with Crippen molar-refractivity contribution in [2.24, 2.45) is 5.92 Å². The summed E-state index contributed by atoms with van der Waals surface area (Å²) in [5.41, 5.74) is 4.02. The van der Waals surface area contributed by atoms with Crippen LogP contribution in [0.3, 0.4) is 0 Å². The van der Waals surface area contributed by atoms with E-state index >= 15 is 0 Å². The van der Waals surface area contributed by atoms with Crippen molar-refractivity contribution in [2.75, 3.05) is 31.6 Å². The molecule has 7 nitrogen and oxygen atoms in total. The number of carbonyl (C=O) groups excluding carboxylic acids is 1. The van der Waals surface area contributed by atoms with Gasteiger partial charge >= 0.3 is 0 Å². The number of nitrogens with zero attached hydrogens (tertiary/aromatic N) is 4. The second-order valence-corrected chi connectivity index (χ2v) is 8.65. The molecule has 34 heavy (non-hydrogen) atoms. The van der Waals surface area contributed by atoms with Crippen molar-refractivity contribution in [2.45, 2.75) is 19.3 Å². The van der Waals surface area contributed by atoms with Crippen LogP contribution in [0.4, 0.5) is 5.82 Å². The van der Waals surface area contributed by atoms with Crippen molar-refractivity contribution < 1.29 is 9.53 Å². The Morgan fingerprint density at radius 3 is 2.88 bits per heavy atom. The minimum Gasteiger partial charge on any atom is -0.497 e. The van der Waals surface area contributed by atoms with Crippen molar-refractivity contribution in [3.8, 4) is 17.0 Å². The van der Waals surface area contributed by atoms with Gasteiger partial charge in [-0.25, -0.2) is 9.50 Å². The van der Waals surface area contributed by atoms with E-state index in [0.29, 0.717) is 13.1 Å². The number of ether oxygens (including phenoxy) is 1. The number of carbonyl (C=O) groups is 1. The normalized spacial score (nSPS) is 15.9. The summed E-state index contributed by atoms with van der Waals surface area (Å²) in [5, 5.41) is 7.88. The van der Waals surface area contributed by atoms with E-state index < -0.39 is 0 Å². The zero-order valence-electron chi connectivity index (χ0n) is 19.4. The summed E-state index contributed by atoms with van der Waals surface area (Å²) >= 11 is 0. The second kappa shape index (κ2) is 9.95. The monoisotopic (exact) mass is 455 g/mol. The number of aromatic nitrogens is 3. The zero-order chi connectivity index (χ0) is 23.3. The molecule has 1 saturated heterocycles. The molecule has 2 aromatic heterocycles. The quantitative estimate of drug-likeness (QED) is 0.456. The van der Waals surface area contributed by atoms with Gasteiger partial charge in [-0.1, -0.05) is 42.5 Å². The molecule has 0 bridgehead atoms. The first-order chi connectivity index (χ1) is 16.7. The van der Waals surface area contributed by atoms with Gasteiger partial charge in [0.2, 0.25) is 5.91 Å². The molecule has 1 fully saturated rings. The maximum Gasteiger partial charge on any atom is 0.224 e. The van der Waals surface area contributed by atoms with Gasteiger partial charge in [0.25, 0.3) is 0 Å². The van der Waals surface area contributed by atoms with E-state index in [1.54, 1.807) is 13.3 Å². The Morgan fingerprint density at radius 1 is 1.15 bits per heavy atom. The number of hydrogen-bond donors (Lipinski definition) is 1. The van der Waals surface area contributed by atoms with E-state index in [-0.39, 0.29) is 11.8 Å². The van der Waals surface area contributed by atoms with E-state index in [4.69, 9.17) is 9.84 Å². The van der Waals surface area contributed by atoms with E-state index in [2.05, 4.69) is 33.4 Å². The zero-order valence-corrected chi connectivity index (χ0v) is 19.4. The van der Waals surface area contributed by atoms with Gasteiger partial charge in [-0.15, -0.1) is 0 Å². The van der Waals surface area contributed by atoms with Crippen LogP contribution in [-0.4, -0.2) is 47.2 Å². The molecule has 1 aliphatic heterocycles. The Bertz CT molecular complexity index is 1270. The fourth-order valence-corrected chi connectivity index (χ4v) is 4.58. The number of piperidine rings is 1. The standard InChI is InChI=1S/C27H29N5O2/c1-34-23-11-5-9-21(17-23)24-18-25-26(28-14-16-32(25)30-24)31-15-6-10-22(19-31)27(33)29-13-12-20-7-3-2-4-8-20/h2-5,7-9,11,14,16-18,22H,6,10,12-13,15,19H2,1H3,(H,29,33)/t22-/m0/s1. The molecule has 1 N–H and O–H groups in total. The molecular formula is C27H29N5O2. The average molecular weight is 456 g/mol. The first-order valence-electron chi connectivity index (χ1n) is 11.8. The lowest BCUT2D eigenvalue weighted by atomic mass is 9.97. The van der Waals surface area contributed by atoms with Gasteiger partial charge < -0.3 is 15.0 Å². The smallest absolute Gasteiger partial charge is 0.224 e. The van der Waals surface area contributed by atoms with Crippen LogP contribution in [0.25, 0.3) is 16.8 Å². The molecule has 4 aromatic rings.